The molecule has 2 aromatic carbocycles. The summed E-state index contributed by atoms with van der Waals surface area (Å²) >= 11 is 0. The predicted octanol–water partition coefficient (Wildman–Crippen LogP) is -1.84. The number of benzene rings is 2. The maximum Gasteiger partial charge on any atom is 1.00 e. The Morgan fingerprint density at radius 2 is 1.64 bits per heavy atom. The van der Waals surface area contributed by atoms with Gasteiger partial charge in [0, 0.05) is 18.9 Å². The number of nitrogens with one attached hydrogen (secondary N) is 1. The minimum atomic E-state index is -1.42. The molecule has 7 heteroatoms. The summed E-state index contributed by atoms with van der Waals surface area (Å²) in [6.07, 6.45) is -0.544. The van der Waals surface area contributed by atoms with Crippen LogP contribution in [0.5, 0.6) is 0 Å². The van der Waals surface area contributed by atoms with Gasteiger partial charge in [0.25, 0.3) is 0 Å². The molecule has 0 aliphatic heterocycles. The van der Waals surface area contributed by atoms with Gasteiger partial charge in [0.15, 0.2) is 0 Å². The Kier molecular flexibility index (Phi) is 11.1. The monoisotopic (exact) mass is 409 g/mol. The molecular formula is C21H24KNO5. The van der Waals surface area contributed by atoms with E-state index < -0.39 is 30.3 Å². The van der Waals surface area contributed by atoms with E-state index in [1.54, 1.807) is 0 Å². The summed E-state index contributed by atoms with van der Waals surface area (Å²) in [7, 11) is 0. The number of carbonyl (C=O) groups is 2. The van der Waals surface area contributed by atoms with Gasteiger partial charge in [0.1, 0.15) is 0 Å². The van der Waals surface area contributed by atoms with Gasteiger partial charge < -0.3 is 25.1 Å². The number of carboxylic acid groups (broad SMARTS) is 1. The maximum absolute atomic E-state index is 12.3. The SMILES string of the molecule is CC(CO)(CC(=O)[O-])C(=O)NCc1ccccc1COCc1ccccc1.[K+]. The Labute approximate surface area is 207 Å². The van der Waals surface area contributed by atoms with Crippen LogP contribution < -0.4 is 61.8 Å². The summed E-state index contributed by atoms with van der Waals surface area (Å²) in [5.74, 6) is -1.91. The zero-order valence-electron chi connectivity index (χ0n) is 16.3. The Morgan fingerprint density at radius 1 is 1.04 bits per heavy atom. The van der Waals surface area contributed by atoms with Crippen LogP contribution in [0.25, 0.3) is 0 Å². The molecule has 0 saturated carbocycles. The first-order valence-electron chi connectivity index (χ1n) is 8.72. The normalized spacial score (nSPS) is 12.5. The van der Waals surface area contributed by atoms with Gasteiger partial charge in [0.2, 0.25) is 5.91 Å². The minimum absolute atomic E-state index is 0. The molecule has 6 nitrogen and oxygen atoms in total. The van der Waals surface area contributed by atoms with E-state index >= 15 is 0 Å². The Hall–Kier alpha value is -1.06. The van der Waals surface area contributed by atoms with Crippen LogP contribution in [0.2, 0.25) is 0 Å². The molecule has 1 amide bonds. The van der Waals surface area contributed by atoms with E-state index in [4.69, 9.17) is 4.74 Å². The van der Waals surface area contributed by atoms with Crippen molar-refractivity contribution in [2.24, 2.45) is 5.41 Å². The number of rotatable bonds is 10. The van der Waals surface area contributed by atoms with Gasteiger partial charge in [-0.05, 0) is 23.6 Å². The molecule has 0 radical (unpaired) electrons. The average molecular weight is 410 g/mol. The topological polar surface area (TPSA) is 98.7 Å². The summed E-state index contributed by atoms with van der Waals surface area (Å²) < 4.78 is 5.76. The average Bonchev–Trinajstić information content (AvgIpc) is 2.67. The number of hydrogen-bond donors (Lipinski definition) is 2. The smallest absolute Gasteiger partial charge is 0.550 e. The van der Waals surface area contributed by atoms with Crippen molar-refractivity contribution >= 4 is 11.9 Å². The number of amides is 1. The Balaban J connectivity index is 0.00000392. The fourth-order valence-electron chi connectivity index (χ4n) is 2.64. The third-order valence-electron chi connectivity index (χ3n) is 4.36. The van der Waals surface area contributed by atoms with E-state index in [1.807, 2.05) is 54.6 Å². The van der Waals surface area contributed by atoms with Crippen molar-refractivity contribution < 1.29 is 75.9 Å². The molecule has 0 aromatic heterocycles. The molecule has 2 aromatic rings. The largest absolute Gasteiger partial charge is 1.00 e. The molecule has 0 heterocycles. The van der Waals surface area contributed by atoms with Gasteiger partial charge in [-0.3, -0.25) is 4.79 Å². The summed E-state index contributed by atoms with van der Waals surface area (Å²) in [6.45, 7) is 1.90. The molecule has 0 saturated heterocycles. The molecule has 1 atom stereocenters. The van der Waals surface area contributed by atoms with Crippen molar-refractivity contribution in [2.75, 3.05) is 6.61 Å². The first-order valence-corrected chi connectivity index (χ1v) is 8.72. The number of aliphatic carboxylic acids is 1. The van der Waals surface area contributed by atoms with Crippen LogP contribution in [0, 0.1) is 5.41 Å². The van der Waals surface area contributed by atoms with Gasteiger partial charge in [-0.15, -0.1) is 0 Å². The van der Waals surface area contributed by atoms with Crippen LogP contribution in [0.15, 0.2) is 54.6 Å². The van der Waals surface area contributed by atoms with Crippen molar-refractivity contribution in [1.29, 1.82) is 0 Å². The van der Waals surface area contributed by atoms with E-state index in [-0.39, 0.29) is 57.9 Å². The standard InChI is InChI=1S/C21H25NO5.K/c1-21(15-23,11-19(24)25)20(26)22-12-17-9-5-6-10-18(17)14-27-13-16-7-3-2-4-8-16;/h2-10,23H,11-15H2,1H3,(H,22,26)(H,24,25);/q;+1/p-1. The number of aliphatic hydroxyl groups excluding tert-OH is 1. The van der Waals surface area contributed by atoms with Crippen LogP contribution in [-0.4, -0.2) is 23.6 Å². The fourth-order valence-corrected chi connectivity index (χ4v) is 2.64. The molecule has 0 aliphatic rings. The summed E-state index contributed by atoms with van der Waals surface area (Å²) in [6, 6.07) is 17.4. The molecule has 2 N–H and O–H groups in total. The number of hydrogen-bond acceptors (Lipinski definition) is 5. The second-order valence-corrected chi connectivity index (χ2v) is 6.70. The van der Waals surface area contributed by atoms with Crippen molar-refractivity contribution in [3.8, 4) is 0 Å². The van der Waals surface area contributed by atoms with Gasteiger partial charge >= 0.3 is 51.4 Å². The van der Waals surface area contributed by atoms with Gasteiger partial charge in [-0.1, -0.05) is 54.6 Å². The van der Waals surface area contributed by atoms with Gasteiger partial charge in [-0.25, -0.2) is 0 Å². The molecule has 0 spiro atoms. The van der Waals surface area contributed by atoms with Gasteiger partial charge in [-0.2, -0.15) is 0 Å². The second kappa shape index (κ2) is 12.5. The maximum atomic E-state index is 12.3. The number of aliphatic hydroxyl groups is 1. The van der Waals surface area contributed by atoms with Crippen molar-refractivity contribution in [3.05, 3.63) is 71.3 Å². The number of carbonyl (C=O) groups excluding carboxylic acids is 2. The summed E-state index contributed by atoms with van der Waals surface area (Å²) in [4.78, 5) is 23.1. The van der Waals surface area contributed by atoms with E-state index in [0.29, 0.717) is 13.2 Å². The first kappa shape index (κ1) is 25.0. The van der Waals surface area contributed by atoms with E-state index in [9.17, 15) is 19.8 Å². The minimum Gasteiger partial charge on any atom is -0.550 e. The summed E-state index contributed by atoms with van der Waals surface area (Å²) in [5.41, 5.74) is 1.45. The predicted molar refractivity (Wildman–Crippen MR) is 98.0 cm³/mol. The zero-order chi connectivity index (χ0) is 19.7. The summed E-state index contributed by atoms with van der Waals surface area (Å²) in [5, 5.41) is 22.9. The first-order chi connectivity index (χ1) is 12.9. The van der Waals surface area contributed by atoms with E-state index in [1.165, 1.54) is 6.92 Å². The number of carboxylic acids is 1. The van der Waals surface area contributed by atoms with Crippen LogP contribution in [-0.2, 0) is 34.1 Å². The van der Waals surface area contributed by atoms with Crippen molar-refractivity contribution in [3.63, 3.8) is 0 Å². The van der Waals surface area contributed by atoms with Crippen molar-refractivity contribution in [2.45, 2.75) is 33.1 Å². The number of ether oxygens (including phenoxy) is 1. The molecule has 2 rings (SSSR count). The van der Waals surface area contributed by atoms with Crippen LogP contribution in [0.4, 0.5) is 0 Å². The molecule has 144 valence electrons. The molecule has 0 aliphatic carbocycles. The van der Waals surface area contributed by atoms with Crippen LogP contribution >= 0.6 is 0 Å². The molecule has 28 heavy (non-hydrogen) atoms. The van der Waals surface area contributed by atoms with Gasteiger partial charge in [0.05, 0.1) is 25.2 Å². The third-order valence-corrected chi connectivity index (χ3v) is 4.36. The van der Waals surface area contributed by atoms with Crippen LogP contribution in [0.3, 0.4) is 0 Å². The third kappa shape index (κ3) is 7.75. The van der Waals surface area contributed by atoms with E-state index in [2.05, 4.69) is 5.32 Å². The quantitative estimate of drug-likeness (QED) is 0.450. The Bertz CT molecular complexity index is 768. The molecule has 0 bridgehead atoms. The van der Waals surface area contributed by atoms with Crippen molar-refractivity contribution in [1.82, 2.24) is 5.32 Å². The zero-order valence-corrected chi connectivity index (χ0v) is 19.4. The molecule has 1 unspecified atom stereocenters. The van der Waals surface area contributed by atoms with E-state index in [0.717, 1.165) is 16.7 Å². The van der Waals surface area contributed by atoms with Crippen LogP contribution in [0.1, 0.15) is 30.0 Å². The second-order valence-electron chi connectivity index (χ2n) is 6.70. The molecular weight excluding hydrogens is 385 g/mol. The Morgan fingerprint density at radius 3 is 2.25 bits per heavy atom. The fraction of sp³-hybridized carbons (Fsp3) is 0.333. The molecule has 0 fully saturated rings.